The van der Waals surface area contributed by atoms with Crippen LogP contribution in [0.5, 0.6) is 0 Å². The molecule has 0 aliphatic heterocycles. The van der Waals surface area contributed by atoms with E-state index in [9.17, 15) is 9.59 Å². The molecule has 4 nitrogen and oxygen atoms in total. The van der Waals surface area contributed by atoms with Crippen LogP contribution < -0.4 is 10.6 Å². The molecule has 0 atom stereocenters. The lowest BCUT2D eigenvalue weighted by molar-refractivity contribution is -0.120. The summed E-state index contributed by atoms with van der Waals surface area (Å²) in [5.41, 5.74) is 1.36. The number of carbonyl (C=O) groups is 2. The van der Waals surface area contributed by atoms with E-state index in [-0.39, 0.29) is 18.4 Å². The quantitative estimate of drug-likeness (QED) is 0.891. The Bertz CT molecular complexity index is 629. The summed E-state index contributed by atoms with van der Waals surface area (Å²) in [5, 5.41) is 5.88. The molecule has 108 valence electrons. The van der Waals surface area contributed by atoms with Gasteiger partial charge in [0.15, 0.2) is 0 Å². The van der Waals surface area contributed by atoms with E-state index in [0.717, 1.165) is 5.56 Å². The van der Waals surface area contributed by atoms with Gasteiger partial charge in [0.2, 0.25) is 5.91 Å². The first-order chi connectivity index (χ1) is 10.2. The third-order valence-corrected chi connectivity index (χ3v) is 3.25. The van der Waals surface area contributed by atoms with Crippen LogP contribution in [0.1, 0.15) is 15.9 Å². The van der Waals surface area contributed by atoms with Crippen molar-refractivity contribution < 1.29 is 9.59 Å². The molecule has 2 aromatic carbocycles. The monoisotopic (exact) mass is 302 g/mol. The third kappa shape index (κ3) is 4.61. The molecule has 0 aliphatic carbocycles. The molecule has 0 spiro atoms. The van der Waals surface area contributed by atoms with Crippen molar-refractivity contribution in [2.45, 2.75) is 6.54 Å². The van der Waals surface area contributed by atoms with Crippen LogP contribution in [-0.2, 0) is 11.3 Å². The number of amides is 2. The van der Waals surface area contributed by atoms with E-state index in [0.29, 0.717) is 17.1 Å². The van der Waals surface area contributed by atoms with Gasteiger partial charge in [-0.2, -0.15) is 0 Å². The Morgan fingerprint density at radius 1 is 0.905 bits per heavy atom. The SMILES string of the molecule is O=C(CNC(=O)c1ccccc1)NCc1ccccc1Cl. The van der Waals surface area contributed by atoms with Crippen LogP contribution in [0.4, 0.5) is 0 Å². The first-order valence-electron chi connectivity index (χ1n) is 6.50. The number of rotatable bonds is 5. The zero-order chi connectivity index (χ0) is 15.1. The van der Waals surface area contributed by atoms with Gasteiger partial charge in [0.1, 0.15) is 0 Å². The maximum absolute atomic E-state index is 11.8. The largest absolute Gasteiger partial charge is 0.350 e. The fraction of sp³-hybridized carbons (Fsp3) is 0.125. The second-order valence-corrected chi connectivity index (χ2v) is 4.82. The standard InChI is InChI=1S/C16H15ClN2O2/c17-14-9-5-4-8-13(14)10-18-15(20)11-19-16(21)12-6-2-1-3-7-12/h1-9H,10-11H2,(H,18,20)(H,19,21). The van der Waals surface area contributed by atoms with E-state index >= 15 is 0 Å². The molecule has 0 heterocycles. The molecule has 5 heteroatoms. The number of hydrogen-bond acceptors (Lipinski definition) is 2. The highest BCUT2D eigenvalue weighted by atomic mass is 35.5. The maximum atomic E-state index is 11.8. The highest BCUT2D eigenvalue weighted by Gasteiger charge is 2.07. The van der Waals surface area contributed by atoms with Crippen LogP contribution in [-0.4, -0.2) is 18.4 Å². The highest BCUT2D eigenvalue weighted by Crippen LogP contribution is 2.14. The third-order valence-electron chi connectivity index (χ3n) is 2.88. The van der Waals surface area contributed by atoms with E-state index in [4.69, 9.17) is 11.6 Å². The highest BCUT2D eigenvalue weighted by molar-refractivity contribution is 6.31. The summed E-state index contributed by atoms with van der Waals surface area (Å²) >= 11 is 5.99. The first-order valence-corrected chi connectivity index (χ1v) is 6.88. The Kier molecular flexibility index (Phi) is 5.35. The molecule has 0 saturated carbocycles. The van der Waals surface area contributed by atoms with Gasteiger partial charge in [-0.15, -0.1) is 0 Å². The summed E-state index contributed by atoms with van der Waals surface area (Å²) in [7, 11) is 0. The van der Waals surface area contributed by atoms with Crippen LogP contribution >= 0.6 is 11.6 Å². The Morgan fingerprint density at radius 2 is 1.57 bits per heavy atom. The minimum Gasteiger partial charge on any atom is -0.350 e. The van der Waals surface area contributed by atoms with Gasteiger partial charge < -0.3 is 10.6 Å². The van der Waals surface area contributed by atoms with Crippen molar-refractivity contribution >= 4 is 23.4 Å². The van der Waals surface area contributed by atoms with Crippen LogP contribution in [0.2, 0.25) is 5.02 Å². The van der Waals surface area contributed by atoms with Crippen molar-refractivity contribution in [1.82, 2.24) is 10.6 Å². The number of nitrogens with one attached hydrogen (secondary N) is 2. The molecule has 0 saturated heterocycles. The lowest BCUT2D eigenvalue weighted by Crippen LogP contribution is -2.36. The minimum atomic E-state index is -0.275. The molecule has 0 aliphatic rings. The molecule has 0 radical (unpaired) electrons. The second-order valence-electron chi connectivity index (χ2n) is 4.42. The normalized spacial score (nSPS) is 9.95. The molecule has 0 bridgehead atoms. The van der Waals surface area contributed by atoms with Crippen molar-refractivity contribution in [3.8, 4) is 0 Å². The molecule has 0 aromatic heterocycles. The number of halogens is 1. The first kappa shape index (κ1) is 15.1. The van der Waals surface area contributed by atoms with E-state index < -0.39 is 0 Å². The van der Waals surface area contributed by atoms with Gasteiger partial charge in [-0.05, 0) is 23.8 Å². The minimum absolute atomic E-state index is 0.0712. The van der Waals surface area contributed by atoms with Crippen LogP contribution in [0.25, 0.3) is 0 Å². The predicted octanol–water partition coefficient (Wildman–Crippen LogP) is 2.39. The van der Waals surface area contributed by atoms with Gasteiger partial charge in [-0.1, -0.05) is 48.0 Å². The lowest BCUT2D eigenvalue weighted by Gasteiger charge is -2.08. The molecule has 2 rings (SSSR count). The van der Waals surface area contributed by atoms with Crippen LogP contribution in [0.3, 0.4) is 0 Å². The topological polar surface area (TPSA) is 58.2 Å². The molecule has 2 aromatic rings. The van der Waals surface area contributed by atoms with Crippen molar-refractivity contribution in [1.29, 1.82) is 0 Å². The molecule has 0 fully saturated rings. The van der Waals surface area contributed by atoms with E-state index in [1.54, 1.807) is 30.3 Å². The van der Waals surface area contributed by atoms with Gasteiger partial charge >= 0.3 is 0 Å². The molecule has 2 amide bonds. The Labute approximate surface area is 128 Å². The van der Waals surface area contributed by atoms with Crippen molar-refractivity contribution in [3.63, 3.8) is 0 Å². The van der Waals surface area contributed by atoms with Gasteiger partial charge in [0.25, 0.3) is 5.91 Å². The molecular weight excluding hydrogens is 288 g/mol. The number of carbonyl (C=O) groups excluding carboxylic acids is 2. The summed E-state index contributed by atoms with van der Waals surface area (Å²) in [6.45, 7) is 0.262. The number of hydrogen-bond donors (Lipinski definition) is 2. The molecule has 0 unspecified atom stereocenters. The van der Waals surface area contributed by atoms with Crippen molar-refractivity contribution in [2.75, 3.05) is 6.54 Å². The van der Waals surface area contributed by atoms with Gasteiger partial charge in [-0.3, -0.25) is 9.59 Å². The molecular formula is C16H15ClN2O2. The summed E-state index contributed by atoms with van der Waals surface area (Å²) < 4.78 is 0. The predicted molar refractivity (Wildman–Crippen MR) is 82.1 cm³/mol. The van der Waals surface area contributed by atoms with Crippen molar-refractivity contribution in [2.24, 2.45) is 0 Å². The molecule has 21 heavy (non-hydrogen) atoms. The average molecular weight is 303 g/mol. The zero-order valence-electron chi connectivity index (χ0n) is 11.3. The summed E-state index contributed by atoms with van der Waals surface area (Å²) in [4.78, 5) is 23.5. The van der Waals surface area contributed by atoms with Crippen LogP contribution in [0, 0.1) is 0 Å². The summed E-state index contributed by atoms with van der Waals surface area (Å²) in [6, 6.07) is 16.0. The van der Waals surface area contributed by atoms with Gasteiger partial charge in [-0.25, -0.2) is 0 Å². The van der Waals surface area contributed by atoms with E-state index in [1.807, 2.05) is 24.3 Å². The fourth-order valence-electron chi connectivity index (χ4n) is 1.75. The maximum Gasteiger partial charge on any atom is 0.251 e. The van der Waals surface area contributed by atoms with Gasteiger partial charge in [0.05, 0.1) is 6.54 Å². The summed E-state index contributed by atoms with van der Waals surface area (Å²) in [6.07, 6.45) is 0. The zero-order valence-corrected chi connectivity index (χ0v) is 12.1. The fourth-order valence-corrected chi connectivity index (χ4v) is 1.95. The molecule has 2 N–H and O–H groups in total. The smallest absolute Gasteiger partial charge is 0.251 e. The van der Waals surface area contributed by atoms with E-state index in [2.05, 4.69) is 10.6 Å². The van der Waals surface area contributed by atoms with Crippen LogP contribution in [0.15, 0.2) is 54.6 Å². The Hall–Kier alpha value is -2.33. The van der Waals surface area contributed by atoms with Crippen molar-refractivity contribution in [3.05, 3.63) is 70.7 Å². The second kappa shape index (κ2) is 7.45. The van der Waals surface area contributed by atoms with E-state index in [1.165, 1.54) is 0 Å². The summed E-state index contributed by atoms with van der Waals surface area (Å²) in [5.74, 6) is -0.539. The Balaban J connectivity index is 1.78. The lowest BCUT2D eigenvalue weighted by atomic mass is 10.2. The number of benzene rings is 2. The van der Waals surface area contributed by atoms with Gasteiger partial charge in [0, 0.05) is 17.1 Å². The average Bonchev–Trinajstić information content (AvgIpc) is 2.52. The Morgan fingerprint density at radius 3 is 2.29 bits per heavy atom.